The van der Waals surface area contributed by atoms with E-state index in [-0.39, 0.29) is 18.4 Å². The van der Waals surface area contributed by atoms with E-state index >= 15 is 0 Å². The SMILES string of the molecule is Nc1ccc(Br)cc1C(=O)NC1(C(=O)O)Cc2ccccc2C1. The van der Waals surface area contributed by atoms with Gasteiger partial charge in [-0.3, -0.25) is 4.79 Å². The second kappa shape index (κ2) is 5.70. The number of benzene rings is 2. The van der Waals surface area contributed by atoms with E-state index in [0.717, 1.165) is 11.1 Å². The minimum absolute atomic E-state index is 0.260. The van der Waals surface area contributed by atoms with Gasteiger partial charge in [-0.05, 0) is 29.3 Å². The molecule has 0 spiro atoms. The maximum absolute atomic E-state index is 12.6. The van der Waals surface area contributed by atoms with Crippen molar-refractivity contribution in [1.82, 2.24) is 5.32 Å². The summed E-state index contributed by atoms with van der Waals surface area (Å²) in [6.45, 7) is 0. The molecule has 0 aliphatic heterocycles. The number of hydrogen-bond donors (Lipinski definition) is 3. The molecule has 0 saturated heterocycles. The molecule has 1 aliphatic rings. The van der Waals surface area contributed by atoms with Crippen molar-refractivity contribution in [2.75, 3.05) is 5.73 Å². The number of rotatable bonds is 3. The number of anilines is 1. The predicted molar refractivity (Wildman–Crippen MR) is 90.2 cm³/mol. The van der Waals surface area contributed by atoms with E-state index in [4.69, 9.17) is 5.73 Å². The van der Waals surface area contributed by atoms with Crippen molar-refractivity contribution < 1.29 is 14.7 Å². The molecular weight excluding hydrogens is 360 g/mol. The molecule has 1 amide bonds. The summed E-state index contributed by atoms with van der Waals surface area (Å²) in [7, 11) is 0. The van der Waals surface area contributed by atoms with Crippen LogP contribution in [0.2, 0.25) is 0 Å². The minimum atomic E-state index is -1.34. The number of hydrogen-bond acceptors (Lipinski definition) is 3. The molecule has 1 aliphatic carbocycles. The molecule has 2 aromatic rings. The highest BCUT2D eigenvalue weighted by Gasteiger charge is 2.45. The molecule has 118 valence electrons. The number of nitrogen functional groups attached to an aromatic ring is 1. The minimum Gasteiger partial charge on any atom is -0.479 e. The molecule has 0 aromatic heterocycles. The summed E-state index contributed by atoms with van der Waals surface area (Å²) in [4.78, 5) is 24.4. The van der Waals surface area contributed by atoms with Crippen molar-refractivity contribution in [1.29, 1.82) is 0 Å². The number of halogens is 1. The normalized spacial score (nSPS) is 15.0. The average molecular weight is 375 g/mol. The molecule has 4 N–H and O–H groups in total. The number of carboxylic acids is 1. The van der Waals surface area contributed by atoms with Crippen LogP contribution in [0.4, 0.5) is 5.69 Å². The third-order valence-electron chi connectivity index (χ3n) is 4.12. The summed E-state index contributed by atoms with van der Waals surface area (Å²) in [5.74, 6) is -1.53. The largest absolute Gasteiger partial charge is 0.479 e. The van der Waals surface area contributed by atoms with E-state index in [9.17, 15) is 14.7 Å². The lowest BCUT2D eigenvalue weighted by Crippen LogP contribution is -2.55. The summed E-state index contributed by atoms with van der Waals surface area (Å²) in [6, 6.07) is 12.4. The highest BCUT2D eigenvalue weighted by Crippen LogP contribution is 2.31. The first kappa shape index (κ1) is 15.6. The summed E-state index contributed by atoms with van der Waals surface area (Å²) in [6.07, 6.45) is 0.524. The number of aliphatic carboxylic acids is 1. The zero-order valence-corrected chi connectivity index (χ0v) is 13.8. The summed E-state index contributed by atoms with van der Waals surface area (Å²) in [5.41, 5.74) is 6.95. The summed E-state index contributed by atoms with van der Waals surface area (Å²) in [5, 5.41) is 12.4. The Balaban J connectivity index is 1.92. The fourth-order valence-corrected chi connectivity index (χ4v) is 3.28. The van der Waals surface area contributed by atoms with Gasteiger partial charge in [-0.15, -0.1) is 0 Å². The van der Waals surface area contributed by atoms with Gasteiger partial charge in [-0.25, -0.2) is 4.79 Å². The number of carbonyl (C=O) groups is 2. The Morgan fingerprint density at radius 3 is 2.30 bits per heavy atom. The van der Waals surface area contributed by atoms with Gasteiger partial charge in [0.15, 0.2) is 0 Å². The van der Waals surface area contributed by atoms with Crippen LogP contribution in [-0.4, -0.2) is 22.5 Å². The first-order valence-electron chi connectivity index (χ1n) is 7.09. The van der Waals surface area contributed by atoms with E-state index < -0.39 is 17.4 Å². The standard InChI is InChI=1S/C17H15BrN2O3/c18-12-5-6-14(19)13(7-12)15(21)20-17(16(22)23)8-10-3-1-2-4-11(10)9-17/h1-7H,8-9,19H2,(H,20,21)(H,22,23). The monoisotopic (exact) mass is 374 g/mol. The van der Waals surface area contributed by atoms with Crippen LogP contribution in [0, 0.1) is 0 Å². The number of nitrogens with two attached hydrogens (primary N) is 1. The Hall–Kier alpha value is -2.34. The quantitative estimate of drug-likeness (QED) is 0.719. The Kier molecular flexibility index (Phi) is 3.85. The molecular formula is C17H15BrN2O3. The van der Waals surface area contributed by atoms with Gasteiger partial charge in [-0.1, -0.05) is 40.2 Å². The third-order valence-corrected chi connectivity index (χ3v) is 4.62. The Morgan fingerprint density at radius 1 is 1.13 bits per heavy atom. The lowest BCUT2D eigenvalue weighted by atomic mass is 9.95. The Labute approximate surface area is 141 Å². The molecule has 23 heavy (non-hydrogen) atoms. The number of carboxylic acid groups (broad SMARTS) is 1. The molecule has 0 bridgehead atoms. The van der Waals surface area contributed by atoms with Gasteiger partial charge in [0.2, 0.25) is 0 Å². The Morgan fingerprint density at radius 2 is 1.74 bits per heavy atom. The molecule has 0 fully saturated rings. The third kappa shape index (κ3) is 2.82. The van der Waals surface area contributed by atoms with Crippen molar-refractivity contribution in [3.63, 3.8) is 0 Å². The van der Waals surface area contributed by atoms with Gasteiger partial charge < -0.3 is 16.2 Å². The lowest BCUT2D eigenvalue weighted by molar-refractivity contribution is -0.144. The van der Waals surface area contributed by atoms with Crippen LogP contribution in [0.1, 0.15) is 21.5 Å². The highest BCUT2D eigenvalue weighted by molar-refractivity contribution is 9.10. The second-order valence-corrected chi connectivity index (χ2v) is 6.61. The van der Waals surface area contributed by atoms with Gasteiger partial charge in [0.1, 0.15) is 5.54 Å². The smallest absolute Gasteiger partial charge is 0.330 e. The fraction of sp³-hybridized carbons (Fsp3) is 0.176. The van der Waals surface area contributed by atoms with E-state index in [1.807, 2.05) is 24.3 Å². The maximum atomic E-state index is 12.6. The number of amides is 1. The van der Waals surface area contributed by atoms with Crippen molar-refractivity contribution >= 4 is 33.5 Å². The lowest BCUT2D eigenvalue weighted by Gasteiger charge is -2.26. The van der Waals surface area contributed by atoms with Crippen LogP contribution in [0.5, 0.6) is 0 Å². The van der Waals surface area contributed by atoms with Gasteiger partial charge in [-0.2, -0.15) is 0 Å². The molecule has 2 aromatic carbocycles. The van der Waals surface area contributed by atoms with Crippen molar-refractivity contribution in [3.8, 4) is 0 Å². The van der Waals surface area contributed by atoms with Crippen molar-refractivity contribution in [2.45, 2.75) is 18.4 Å². The number of carbonyl (C=O) groups excluding carboxylic acids is 1. The molecule has 6 heteroatoms. The first-order valence-corrected chi connectivity index (χ1v) is 7.88. The topological polar surface area (TPSA) is 92.4 Å². The number of fused-ring (bicyclic) bond motifs is 1. The van der Waals surface area contributed by atoms with Crippen LogP contribution >= 0.6 is 15.9 Å². The van der Waals surface area contributed by atoms with E-state index in [0.29, 0.717) is 10.2 Å². The molecule has 5 nitrogen and oxygen atoms in total. The van der Waals surface area contributed by atoms with Gasteiger partial charge in [0.25, 0.3) is 5.91 Å². The van der Waals surface area contributed by atoms with Crippen LogP contribution in [0.3, 0.4) is 0 Å². The molecule has 0 atom stereocenters. The van der Waals surface area contributed by atoms with Crippen molar-refractivity contribution in [2.24, 2.45) is 0 Å². The van der Waals surface area contributed by atoms with Gasteiger partial charge >= 0.3 is 5.97 Å². The van der Waals surface area contributed by atoms with Crippen LogP contribution in [-0.2, 0) is 17.6 Å². The second-order valence-electron chi connectivity index (χ2n) is 5.70. The molecule has 0 radical (unpaired) electrons. The van der Waals surface area contributed by atoms with Crippen LogP contribution < -0.4 is 11.1 Å². The van der Waals surface area contributed by atoms with Gasteiger partial charge in [0, 0.05) is 23.0 Å². The molecule has 0 unspecified atom stereocenters. The van der Waals surface area contributed by atoms with Gasteiger partial charge in [0.05, 0.1) is 5.56 Å². The summed E-state index contributed by atoms with van der Waals surface area (Å²) >= 11 is 3.29. The highest BCUT2D eigenvalue weighted by atomic mass is 79.9. The summed E-state index contributed by atoms with van der Waals surface area (Å²) < 4.78 is 0.705. The zero-order valence-electron chi connectivity index (χ0n) is 12.2. The van der Waals surface area contributed by atoms with Crippen molar-refractivity contribution in [3.05, 3.63) is 63.6 Å². The fourth-order valence-electron chi connectivity index (χ4n) is 2.92. The van der Waals surface area contributed by atoms with E-state index in [2.05, 4.69) is 21.2 Å². The number of nitrogens with one attached hydrogen (secondary N) is 1. The van der Waals surface area contributed by atoms with Crippen LogP contribution in [0.25, 0.3) is 0 Å². The predicted octanol–water partition coefficient (Wildman–Crippen LogP) is 2.38. The van der Waals surface area contributed by atoms with E-state index in [1.165, 1.54) is 0 Å². The molecule has 0 saturated carbocycles. The Bertz CT molecular complexity index is 779. The maximum Gasteiger partial charge on any atom is 0.330 e. The molecule has 3 rings (SSSR count). The first-order chi connectivity index (χ1) is 10.9. The molecule has 0 heterocycles. The van der Waals surface area contributed by atoms with E-state index in [1.54, 1.807) is 18.2 Å². The average Bonchev–Trinajstić information content (AvgIpc) is 2.89. The van der Waals surface area contributed by atoms with Crippen LogP contribution in [0.15, 0.2) is 46.9 Å². The zero-order chi connectivity index (χ0) is 16.6.